The zero-order valence-corrected chi connectivity index (χ0v) is 23.0. The number of rotatable bonds is 8. The Bertz CT molecular complexity index is 1540. The van der Waals surface area contributed by atoms with Crippen molar-refractivity contribution in [3.63, 3.8) is 0 Å². The van der Waals surface area contributed by atoms with E-state index < -0.39 is 0 Å². The largest absolute Gasteiger partial charge is 0.459 e. The first-order chi connectivity index (χ1) is 19.3. The van der Waals surface area contributed by atoms with Crippen molar-refractivity contribution >= 4 is 17.6 Å². The van der Waals surface area contributed by atoms with Gasteiger partial charge in [0.2, 0.25) is 0 Å². The molecule has 3 aromatic carbocycles. The van der Waals surface area contributed by atoms with E-state index in [1.807, 2.05) is 67.6 Å². The first-order valence-electron chi connectivity index (χ1n) is 13.6. The molecule has 4 aromatic rings. The standard InChI is InChI=1S/C34H33FN2O3.CH4/c1-22(2)32-31(34(39)36-27-12-8-5-9-13-27)30(24-10-6-4-7-11-24)33(25-14-16-26(35)17-15-25)37(32)19-18-28-20-23(3)21-29(38)40-28;/h4-17,21-22,28H,18-20H2,1-3H3,(H,36,39);1H4/t28-;/m1./s1. The number of ether oxygens (including phenoxy) is 1. The summed E-state index contributed by atoms with van der Waals surface area (Å²) in [5.41, 5.74) is 6.48. The van der Waals surface area contributed by atoms with Gasteiger partial charge >= 0.3 is 5.97 Å². The Morgan fingerprint density at radius 2 is 1.61 bits per heavy atom. The summed E-state index contributed by atoms with van der Waals surface area (Å²) in [5.74, 6) is -0.870. The fraction of sp³-hybridized carbons (Fsp3) is 0.257. The zero-order chi connectivity index (χ0) is 28.2. The van der Waals surface area contributed by atoms with Crippen LogP contribution in [0.2, 0.25) is 0 Å². The number of carbonyl (C=O) groups is 2. The number of hydrogen-bond donors (Lipinski definition) is 1. The first kappa shape index (κ1) is 29.5. The van der Waals surface area contributed by atoms with Crippen LogP contribution in [0.4, 0.5) is 10.1 Å². The van der Waals surface area contributed by atoms with E-state index in [1.54, 1.807) is 12.1 Å². The molecule has 1 aromatic heterocycles. The Morgan fingerprint density at radius 1 is 0.976 bits per heavy atom. The van der Waals surface area contributed by atoms with Crippen LogP contribution in [0.5, 0.6) is 0 Å². The summed E-state index contributed by atoms with van der Waals surface area (Å²) in [6.45, 7) is 6.60. The summed E-state index contributed by atoms with van der Waals surface area (Å²) in [4.78, 5) is 26.2. The molecule has 0 aliphatic carbocycles. The van der Waals surface area contributed by atoms with Gasteiger partial charge in [-0.1, -0.05) is 75.4 Å². The van der Waals surface area contributed by atoms with Crippen LogP contribution < -0.4 is 5.32 Å². The number of nitrogens with zero attached hydrogens (tertiary/aromatic N) is 1. The van der Waals surface area contributed by atoms with Crippen LogP contribution in [0.15, 0.2) is 96.6 Å². The molecule has 0 radical (unpaired) electrons. The van der Waals surface area contributed by atoms with Crippen molar-refractivity contribution in [2.45, 2.75) is 59.6 Å². The van der Waals surface area contributed by atoms with Gasteiger partial charge in [-0.25, -0.2) is 9.18 Å². The lowest BCUT2D eigenvalue weighted by molar-refractivity contribution is -0.144. The first-order valence-corrected chi connectivity index (χ1v) is 13.6. The maximum Gasteiger partial charge on any atom is 0.330 e. The Hall–Kier alpha value is -4.45. The van der Waals surface area contributed by atoms with Crippen LogP contribution in [0.1, 0.15) is 63.0 Å². The molecule has 0 fully saturated rings. The molecule has 6 heteroatoms. The minimum absolute atomic E-state index is 0. The molecule has 5 nitrogen and oxygen atoms in total. The number of carbonyl (C=O) groups excluding carboxylic acids is 2. The van der Waals surface area contributed by atoms with Crippen LogP contribution in [0, 0.1) is 5.82 Å². The lowest BCUT2D eigenvalue weighted by Crippen LogP contribution is -2.24. The van der Waals surface area contributed by atoms with Gasteiger partial charge in [-0.15, -0.1) is 0 Å². The summed E-state index contributed by atoms with van der Waals surface area (Å²) in [6, 6.07) is 25.6. The van der Waals surface area contributed by atoms with Gasteiger partial charge in [0.05, 0.1) is 11.3 Å². The van der Waals surface area contributed by atoms with Crippen molar-refractivity contribution in [1.29, 1.82) is 0 Å². The van der Waals surface area contributed by atoms with Crippen molar-refractivity contribution in [1.82, 2.24) is 4.57 Å². The van der Waals surface area contributed by atoms with E-state index in [1.165, 1.54) is 18.2 Å². The number of para-hydroxylation sites is 1. The number of aromatic nitrogens is 1. The average molecular weight is 553 g/mol. The monoisotopic (exact) mass is 552 g/mol. The topological polar surface area (TPSA) is 60.3 Å². The van der Waals surface area contributed by atoms with Gasteiger partial charge in [0.1, 0.15) is 11.9 Å². The van der Waals surface area contributed by atoms with Gasteiger partial charge in [-0.05, 0) is 60.4 Å². The van der Waals surface area contributed by atoms with E-state index in [2.05, 4.69) is 23.7 Å². The Kier molecular flexibility index (Phi) is 9.23. The predicted octanol–water partition coefficient (Wildman–Crippen LogP) is 8.62. The molecule has 0 saturated carbocycles. The summed E-state index contributed by atoms with van der Waals surface area (Å²) >= 11 is 0. The van der Waals surface area contributed by atoms with Gasteiger partial charge in [-0.3, -0.25) is 4.79 Å². The maximum absolute atomic E-state index is 14.1. The molecule has 0 saturated heterocycles. The van der Waals surface area contributed by atoms with Crippen molar-refractivity contribution < 1.29 is 18.7 Å². The van der Waals surface area contributed by atoms with Gasteiger partial charge in [-0.2, -0.15) is 0 Å². The number of esters is 1. The third kappa shape index (κ3) is 6.49. The third-order valence-corrected chi connectivity index (χ3v) is 7.16. The van der Waals surface area contributed by atoms with Gasteiger partial charge in [0.25, 0.3) is 5.91 Å². The van der Waals surface area contributed by atoms with Crippen LogP contribution in [-0.2, 0) is 16.1 Å². The Balaban J connectivity index is 0.00000387. The second-order valence-corrected chi connectivity index (χ2v) is 10.5. The molecule has 212 valence electrons. The van der Waals surface area contributed by atoms with Crippen LogP contribution >= 0.6 is 0 Å². The van der Waals surface area contributed by atoms with E-state index in [0.717, 1.165) is 33.7 Å². The highest BCUT2D eigenvalue weighted by molar-refractivity contribution is 6.12. The molecular formula is C35H37FN2O3. The van der Waals surface area contributed by atoms with Crippen molar-refractivity contribution in [2.24, 2.45) is 0 Å². The molecule has 0 spiro atoms. The van der Waals surface area contributed by atoms with Crippen molar-refractivity contribution in [2.75, 3.05) is 5.32 Å². The summed E-state index contributed by atoms with van der Waals surface area (Å²) in [5, 5.41) is 3.09. The van der Waals surface area contributed by atoms with Crippen LogP contribution in [0.25, 0.3) is 22.4 Å². The fourth-order valence-electron chi connectivity index (χ4n) is 5.50. The molecular weight excluding hydrogens is 515 g/mol. The van der Waals surface area contributed by atoms with Crippen molar-refractivity contribution in [3.05, 3.63) is 114 Å². The summed E-state index contributed by atoms with van der Waals surface area (Å²) in [6.07, 6.45) is 2.52. The zero-order valence-electron chi connectivity index (χ0n) is 23.0. The quantitative estimate of drug-likeness (QED) is 0.223. The van der Waals surface area contributed by atoms with Crippen LogP contribution in [-0.4, -0.2) is 22.5 Å². The van der Waals surface area contributed by atoms with Crippen LogP contribution in [0.3, 0.4) is 0 Å². The SMILES string of the molecule is C.CC1=CC(=O)O[C@H](CCn2c(-c3ccc(F)cc3)c(-c3ccccc3)c(C(=O)Nc3ccccc3)c2C(C)C)C1. The molecule has 0 bridgehead atoms. The highest BCUT2D eigenvalue weighted by Crippen LogP contribution is 2.42. The molecule has 5 rings (SSSR count). The fourth-order valence-corrected chi connectivity index (χ4v) is 5.50. The van der Waals surface area contributed by atoms with E-state index in [9.17, 15) is 14.0 Å². The Morgan fingerprint density at radius 3 is 2.22 bits per heavy atom. The van der Waals surface area contributed by atoms with Gasteiger partial charge < -0.3 is 14.6 Å². The normalized spacial score (nSPS) is 14.7. The molecule has 1 amide bonds. The predicted molar refractivity (Wildman–Crippen MR) is 163 cm³/mol. The lowest BCUT2D eigenvalue weighted by atomic mass is 9.94. The number of cyclic esters (lactones) is 1. The van der Waals surface area contributed by atoms with E-state index in [0.29, 0.717) is 30.6 Å². The number of hydrogen-bond acceptors (Lipinski definition) is 3. The van der Waals surface area contributed by atoms with E-state index in [4.69, 9.17) is 4.74 Å². The molecule has 1 N–H and O–H groups in total. The minimum Gasteiger partial charge on any atom is -0.459 e. The third-order valence-electron chi connectivity index (χ3n) is 7.16. The molecule has 1 aliphatic heterocycles. The molecule has 1 atom stereocenters. The number of halogens is 1. The van der Waals surface area contributed by atoms with E-state index in [-0.39, 0.29) is 37.1 Å². The number of benzene rings is 3. The van der Waals surface area contributed by atoms with E-state index >= 15 is 0 Å². The Labute approximate surface area is 241 Å². The molecule has 0 unspecified atom stereocenters. The smallest absolute Gasteiger partial charge is 0.330 e. The second kappa shape index (κ2) is 12.8. The number of nitrogens with one attached hydrogen (secondary N) is 1. The molecule has 2 heterocycles. The minimum atomic E-state index is -0.328. The number of amides is 1. The highest BCUT2D eigenvalue weighted by atomic mass is 19.1. The summed E-state index contributed by atoms with van der Waals surface area (Å²) in [7, 11) is 0. The summed E-state index contributed by atoms with van der Waals surface area (Å²) < 4.78 is 21.8. The van der Waals surface area contributed by atoms with Gasteiger partial charge in [0, 0.05) is 42.4 Å². The molecule has 41 heavy (non-hydrogen) atoms. The average Bonchev–Trinajstić information content (AvgIpc) is 3.28. The second-order valence-electron chi connectivity index (χ2n) is 10.5. The lowest BCUT2D eigenvalue weighted by Gasteiger charge is -2.24. The highest BCUT2D eigenvalue weighted by Gasteiger charge is 2.31. The molecule has 1 aliphatic rings. The van der Waals surface area contributed by atoms with Crippen molar-refractivity contribution in [3.8, 4) is 22.4 Å². The maximum atomic E-state index is 14.1. The number of anilines is 1. The van der Waals surface area contributed by atoms with Gasteiger partial charge in [0.15, 0.2) is 0 Å².